The van der Waals surface area contributed by atoms with Crippen molar-refractivity contribution in [2.24, 2.45) is 0 Å². The number of aryl methyl sites for hydroxylation is 1. The molecule has 0 atom stereocenters. The highest BCUT2D eigenvalue weighted by molar-refractivity contribution is 5.94. The Morgan fingerprint density at radius 1 is 1.03 bits per heavy atom. The Morgan fingerprint density at radius 2 is 1.79 bits per heavy atom. The summed E-state index contributed by atoms with van der Waals surface area (Å²) in [4.78, 5) is 37.8. The smallest absolute Gasteiger partial charge is 0.350 e. The summed E-state index contributed by atoms with van der Waals surface area (Å²) in [7, 11) is 1.51. The van der Waals surface area contributed by atoms with Gasteiger partial charge in [0.1, 0.15) is 12.3 Å². The maximum atomic E-state index is 12.8. The first kappa shape index (κ1) is 21.8. The summed E-state index contributed by atoms with van der Waals surface area (Å²) in [5.41, 5.74) is 2.74. The molecule has 2 amide bonds. The molecule has 9 heteroatoms. The van der Waals surface area contributed by atoms with Gasteiger partial charge in [0, 0.05) is 12.7 Å². The van der Waals surface area contributed by atoms with Gasteiger partial charge in [0.05, 0.1) is 18.4 Å². The van der Waals surface area contributed by atoms with Gasteiger partial charge in [0.15, 0.2) is 5.65 Å². The molecule has 0 spiro atoms. The minimum absolute atomic E-state index is 0.284. The van der Waals surface area contributed by atoms with Crippen LogP contribution in [0.4, 0.5) is 5.69 Å². The topological polar surface area (TPSA) is 107 Å². The molecule has 33 heavy (non-hydrogen) atoms. The summed E-state index contributed by atoms with van der Waals surface area (Å²) < 4.78 is 7.51. The number of ether oxygens (including phenoxy) is 1. The summed E-state index contributed by atoms with van der Waals surface area (Å²) in [5, 5.41) is 9.73. The van der Waals surface area contributed by atoms with E-state index < -0.39 is 11.6 Å². The molecule has 2 N–H and O–H groups in total. The number of rotatable bonds is 7. The third-order valence-electron chi connectivity index (χ3n) is 5.09. The Hall–Kier alpha value is -4.40. The van der Waals surface area contributed by atoms with Gasteiger partial charge in [-0.3, -0.25) is 9.59 Å². The molecular weight excluding hydrogens is 422 g/mol. The van der Waals surface area contributed by atoms with Crippen LogP contribution in [0.1, 0.15) is 21.5 Å². The van der Waals surface area contributed by atoms with Gasteiger partial charge >= 0.3 is 5.69 Å². The van der Waals surface area contributed by atoms with Crippen LogP contribution < -0.4 is 21.1 Å². The van der Waals surface area contributed by atoms with E-state index in [4.69, 9.17) is 4.74 Å². The van der Waals surface area contributed by atoms with Gasteiger partial charge in [0.25, 0.3) is 5.91 Å². The number of anilines is 1. The molecular formula is C24H23N5O4. The number of nitrogens with zero attached hydrogens (tertiary/aromatic N) is 3. The third-order valence-corrected chi connectivity index (χ3v) is 5.09. The third kappa shape index (κ3) is 4.93. The van der Waals surface area contributed by atoms with Crippen molar-refractivity contribution < 1.29 is 14.3 Å². The summed E-state index contributed by atoms with van der Waals surface area (Å²) >= 11 is 0. The molecule has 9 nitrogen and oxygen atoms in total. The monoisotopic (exact) mass is 445 g/mol. The van der Waals surface area contributed by atoms with Crippen LogP contribution in [0.15, 0.2) is 71.7 Å². The zero-order valence-corrected chi connectivity index (χ0v) is 18.2. The molecule has 0 fully saturated rings. The van der Waals surface area contributed by atoms with Crippen molar-refractivity contribution in [3.05, 3.63) is 94.0 Å². The van der Waals surface area contributed by atoms with Crippen molar-refractivity contribution in [2.45, 2.75) is 20.0 Å². The molecule has 4 rings (SSSR count). The van der Waals surface area contributed by atoms with Crippen LogP contribution >= 0.6 is 0 Å². The Kier molecular flexibility index (Phi) is 6.21. The van der Waals surface area contributed by atoms with E-state index >= 15 is 0 Å². The minimum atomic E-state index is -0.520. The van der Waals surface area contributed by atoms with Crippen molar-refractivity contribution in [2.75, 3.05) is 12.4 Å². The average Bonchev–Trinajstić information content (AvgIpc) is 3.13. The number of carbonyl (C=O) groups excluding carboxylic acids is 2. The number of hydrogen-bond donors (Lipinski definition) is 2. The van der Waals surface area contributed by atoms with Crippen molar-refractivity contribution in [1.82, 2.24) is 19.5 Å². The first-order chi connectivity index (χ1) is 15.9. The lowest BCUT2D eigenvalue weighted by Gasteiger charge is -2.09. The summed E-state index contributed by atoms with van der Waals surface area (Å²) in [6.45, 7) is 2.08. The molecule has 2 heterocycles. The van der Waals surface area contributed by atoms with E-state index in [0.717, 1.165) is 15.8 Å². The van der Waals surface area contributed by atoms with Gasteiger partial charge in [-0.2, -0.15) is 0 Å². The average molecular weight is 445 g/mol. The van der Waals surface area contributed by atoms with Crippen molar-refractivity contribution in [1.29, 1.82) is 0 Å². The number of pyridine rings is 1. The predicted molar refractivity (Wildman–Crippen MR) is 123 cm³/mol. The van der Waals surface area contributed by atoms with Gasteiger partial charge in [-0.15, -0.1) is 5.10 Å². The molecule has 2 aromatic carbocycles. The van der Waals surface area contributed by atoms with E-state index in [-0.39, 0.29) is 12.5 Å². The van der Waals surface area contributed by atoms with Crippen molar-refractivity contribution in [3.8, 4) is 5.75 Å². The van der Waals surface area contributed by atoms with E-state index in [9.17, 15) is 14.4 Å². The first-order valence-electron chi connectivity index (χ1n) is 10.3. The lowest BCUT2D eigenvalue weighted by atomic mass is 10.1. The normalized spacial score (nSPS) is 10.7. The van der Waals surface area contributed by atoms with Gasteiger partial charge in [-0.25, -0.2) is 13.9 Å². The fourth-order valence-electron chi connectivity index (χ4n) is 3.32. The highest BCUT2D eigenvalue weighted by atomic mass is 16.5. The Morgan fingerprint density at radius 3 is 2.55 bits per heavy atom. The second-order valence-corrected chi connectivity index (χ2v) is 7.50. The van der Waals surface area contributed by atoms with Crippen LogP contribution in [-0.4, -0.2) is 33.1 Å². The van der Waals surface area contributed by atoms with E-state index in [1.54, 1.807) is 36.4 Å². The fraction of sp³-hybridized carbons (Fsp3) is 0.167. The van der Waals surface area contributed by atoms with Crippen LogP contribution in [0.5, 0.6) is 5.75 Å². The number of hydrogen-bond acceptors (Lipinski definition) is 5. The first-order valence-corrected chi connectivity index (χ1v) is 10.3. The highest BCUT2D eigenvalue weighted by Gasteiger charge is 2.14. The van der Waals surface area contributed by atoms with E-state index in [0.29, 0.717) is 29.2 Å². The molecule has 0 radical (unpaired) electrons. The van der Waals surface area contributed by atoms with Crippen LogP contribution in [0, 0.1) is 6.92 Å². The molecule has 0 saturated heterocycles. The lowest BCUT2D eigenvalue weighted by Crippen LogP contribution is -2.28. The molecule has 0 aliphatic heterocycles. The van der Waals surface area contributed by atoms with Gasteiger partial charge in [-0.05, 0) is 36.8 Å². The number of aromatic nitrogens is 3. The number of fused-ring (bicyclic) bond motifs is 1. The standard InChI is InChI=1S/C24H23N5O4/c1-16-7-9-17(10-8-16)13-25-23(31)18-11-12-21-27-29(24(32)28(21)14-18)15-22(30)26-19-5-3-4-6-20(19)33-2/h3-12,14H,13,15H2,1-2H3,(H,25,31)(H,26,30). The quantitative estimate of drug-likeness (QED) is 0.454. The van der Waals surface area contributed by atoms with Crippen LogP contribution in [0.3, 0.4) is 0 Å². The van der Waals surface area contributed by atoms with Crippen LogP contribution in [0.2, 0.25) is 0 Å². The fourth-order valence-corrected chi connectivity index (χ4v) is 3.32. The molecule has 2 aromatic heterocycles. The van der Waals surface area contributed by atoms with Crippen molar-refractivity contribution in [3.63, 3.8) is 0 Å². The summed E-state index contributed by atoms with van der Waals surface area (Å²) in [6.07, 6.45) is 1.42. The number of carbonyl (C=O) groups is 2. The number of para-hydroxylation sites is 2. The lowest BCUT2D eigenvalue weighted by molar-refractivity contribution is -0.117. The Bertz CT molecular complexity index is 1370. The second kappa shape index (κ2) is 9.39. The zero-order valence-electron chi connectivity index (χ0n) is 18.2. The molecule has 0 bridgehead atoms. The van der Waals surface area contributed by atoms with Crippen LogP contribution in [0.25, 0.3) is 5.65 Å². The molecule has 4 aromatic rings. The maximum absolute atomic E-state index is 12.8. The second-order valence-electron chi connectivity index (χ2n) is 7.50. The molecule has 168 valence electrons. The predicted octanol–water partition coefficient (Wildman–Crippen LogP) is 2.38. The molecule has 0 unspecified atom stereocenters. The molecule has 0 aliphatic carbocycles. The minimum Gasteiger partial charge on any atom is -0.495 e. The largest absolute Gasteiger partial charge is 0.495 e. The van der Waals surface area contributed by atoms with E-state index in [1.807, 2.05) is 31.2 Å². The number of methoxy groups -OCH3 is 1. The Balaban J connectivity index is 1.47. The van der Waals surface area contributed by atoms with Crippen molar-refractivity contribution >= 4 is 23.1 Å². The summed E-state index contributed by atoms with van der Waals surface area (Å²) in [5.74, 6) is -0.235. The number of amides is 2. The van der Waals surface area contributed by atoms with E-state index in [1.165, 1.54) is 17.7 Å². The SMILES string of the molecule is COc1ccccc1NC(=O)Cn1nc2ccc(C(=O)NCc3ccc(C)cc3)cn2c1=O. The zero-order chi connectivity index (χ0) is 23.4. The Labute approximate surface area is 189 Å². The van der Waals surface area contributed by atoms with Gasteiger partial charge in [-0.1, -0.05) is 42.0 Å². The van der Waals surface area contributed by atoms with Gasteiger partial charge in [0.2, 0.25) is 5.91 Å². The number of benzene rings is 2. The summed E-state index contributed by atoms with van der Waals surface area (Å²) in [6, 6.07) is 18.0. The molecule has 0 aliphatic rings. The number of nitrogens with one attached hydrogen (secondary N) is 2. The maximum Gasteiger partial charge on any atom is 0.350 e. The van der Waals surface area contributed by atoms with Crippen LogP contribution in [-0.2, 0) is 17.9 Å². The molecule has 0 saturated carbocycles. The highest BCUT2D eigenvalue weighted by Crippen LogP contribution is 2.22. The van der Waals surface area contributed by atoms with E-state index in [2.05, 4.69) is 15.7 Å². The van der Waals surface area contributed by atoms with Gasteiger partial charge < -0.3 is 15.4 Å².